The quantitative estimate of drug-likeness (QED) is 0.759. The minimum Gasteiger partial charge on any atom is -0.469 e. The molecule has 0 saturated carbocycles. The molecule has 6 heteroatoms. The highest BCUT2D eigenvalue weighted by molar-refractivity contribution is 5.82. The fraction of sp³-hybridized carbons (Fsp3) is 0.526. The summed E-state index contributed by atoms with van der Waals surface area (Å²) < 4.78 is 4.56. The lowest BCUT2D eigenvalue weighted by molar-refractivity contribution is -0.143. The number of carbonyl (C=O) groups excluding carboxylic acids is 3. The topological polar surface area (TPSA) is 66.9 Å². The van der Waals surface area contributed by atoms with Crippen LogP contribution in [0.5, 0.6) is 0 Å². The molecule has 1 aliphatic heterocycles. The minimum absolute atomic E-state index is 0.0568. The first-order chi connectivity index (χ1) is 12.0. The summed E-state index contributed by atoms with van der Waals surface area (Å²) in [5, 5.41) is 0. The highest BCUT2D eigenvalue weighted by atomic mass is 16.5. The summed E-state index contributed by atoms with van der Waals surface area (Å²) >= 11 is 0. The second-order valence-electron chi connectivity index (χ2n) is 6.29. The van der Waals surface area contributed by atoms with Crippen LogP contribution in [-0.4, -0.2) is 60.9 Å². The van der Waals surface area contributed by atoms with Crippen molar-refractivity contribution in [3.63, 3.8) is 0 Å². The van der Waals surface area contributed by atoms with Crippen molar-refractivity contribution in [2.75, 3.05) is 33.3 Å². The Morgan fingerprint density at radius 2 is 1.60 bits per heavy atom. The van der Waals surface area contributed by atoms with Gasteiger partial charge in [-0.15, -0.1) is 0 Å². The fourth-order valence-corrected chi connectivity index (χ4v) is 2.97. The predicted octanol–water partition coefficient (Wildman–Crippen LogP) is 1.55. The predicted molar refractivity (Wildman–Crippen MR) is 93.9 cm³/mol. The van der Waals surface area contributed by atoms with Gasteiger partial charge in [0.15, 0.2) is 0 Å². The van der Waals surface area contributed by atoms with Crippen LogP contribution in [0.25, 0.3) is 0 Å². The molecule has 1 aromatic carbocycles. The lowest BCUT2D eigenvalue weighted by Gasteiger charge is -2.22. The molecule has 2 rings (SSSR count). The first-order valence-corrected chi connectivity index (χ1v) is 8.68. The van der Waals surface area contributed by atoms with E-state index in [0.717, 1.165) is 17.5 Å². The number of ether oxygens (including phenoxy) is 1. The van der Waals surface area contributed by atoms with Crippen LogP contribution in [0, 0.1) is 6.92 Å². The zero-order valence-electron chi connectivity index (χ0n) is 15.0. The summed E-state index contributed by atoms with van der Waals surface area (Å²) in [4.78, 5) is 39.5. The summed E-state index contributed by atoms with van der Waals surface area (Å²) in [6.45, 7) is 4.33. The second-order valence-corrected chi connectivity index (χ2v) is 6.29. The van der Waals surface area contributed by atoms with Crippen molar-refractivity contribution in [2.45, 2.75) is 32.6 Å². The SMILES string of the molecule is COC(=O)CCC(=O)N1CCCN(C(=O)Cc2ccccc2C)CC1. The molecule has 0 unspecified atom stereocenters. The van der Waals surface area contributed by atoms with Gasteiger partial charge >= 0.3 is 5.97 Å². The molecule has 1 aliphatic rings. The van der Waals surface area contributed by atoms with Crippen LogP contribution in [0.3, 0.4) is 0 Å². The molecule has 0 aromatic heterocycles. The smallest absolute Gasteiger partial charge is 0.306 e. The minimum atomic E-state index is -0.377. The van der Waals surface area contributed by atoms with Crippen LogP contribution >= 0.6 is 0 Å². The van der Waals surface area contributed by atoms with E-state index in [1.807, 2.05) is 36.1 Å². The Kier molecular flexibility index (Phi) is 6.98. The van der Waals surface area contributed by atoms with Crippen molar-refractivity contribution in [2.24, 2.45) is 0 Å². The maximum Gasteiger partial charge on any atom is 0.306 e. The molecule has 0 N–H and O–H groups in total. The molecule has 2 amide bonds. The van der Waals surface area contributed by atoms with Crippen LogP contribution < -0.4 is 0 Å². The molecular formula is C19H26N2O4. The molecule has 0 aliphatic carbocycles. The molecule has 0 spiro atoms. The van der Waals surface area contributed by atoms with Gasteiger partial charge in [-0.3, -0.25) is 14.4 Å². The van der Waals surface area contributed by atoms with E-state index in [9.17, 15) is 14.4 Å². The van der Waals surface area contributed by atoms with Crippen molar-refractivity contribution >= 4 is 17.8 Å². The zero-order chi connectivity index (χ0) is 18.2. The van der Waals surface area contributed by atoms with Crippen molar-refractivity contribution in [3.05, 3.63) is 35.4 Å². The number of rotatable bonds is 5. The van der Waals surface area contributed by atoms with E-state index in [-0.39, 0.29) is 30.6 Å². The van der Waals surface area contributed by atoms with Gasteiger partial charge in [0, 0.05) is 32.6 Å². The van der Waals surface area contributed by atoms with E-state index in [4.69, 9.17) is 0 Å². The molecule has 136 valence electrons. The number of carbonyl (C=O) groups is 3. The number of benzene rings is 1. The average molecular weight is 346 g/mol. The Morgan fingerprint density at radius 1 is 0.960 bits per heavy atom. The normalized spacial score (nSPS) is 14.8. The van der Waals surface area contributed by atoms with E-state index < -0.39 is 0 Å². The number of esters is 1. The Morgan fingerprint density at radius 3 is 2.24 bits per heavy atom. The highest BCUT2D eigenvalue weighted by Crippen LogP contribution is 2.12. The van der Waals surface area contributed by atoms with E-state index in [2.05, 4.69) is 4.74 Å². The van der Waals surface area contributed by atoms with Gasteiger partial charge in [0.05, 0.1) is 20.0 Å². The number of nitrogens with zero attached hydrogens (tertiary/aromatic N) is 2. The standard InChI is InChI=1S/C19H26N2O4/c1-15-6-3-4-7-16(15)14-18(23)21-11-5-10-20(12-13-21)17(22)8-9-19(24)25-2/h3-4,6-7H,5,8-14H2,1-2H3. The summed E-state index contributed by atoms with van der Waals surface area (Å²) in [7, 11) is 1.32. The van der Waals surface area contributed by atoms with Crippen LogP contribution in [-0.2, 0) is 25.5 Å². The van der Waals surface area contributed by atoms with E-state index in [1.54, 1.807) is 4.90 Å². The molecule has 1 saturated heterocycles. The van der Waals surface area contributed by atoms with Gasteiger partial charge in [0.2, 0.25) is 11.8 Å². The summed E-state index contributed by atoms with van der Waals surface area (Å²) in [6, 6.07) is 7.90. The van der Waals surface area contributed by atoms with Gasteiger partial charge in [-0.1, -0.05) is 24.3 Å². The number of amides is 2. The molecule has 0 atom stereocenters. The van der Waals surface area contributed by atoms with Crippen molar-refractivity contribution in [3.8, 4) is 0 Å². The zero-order valence-corrected chi connectivity index (χ0v) is 15.0. The molecule has 0 bridgehead atoms. The number of methoxy groups -OCH3 is 1. The number of hydrogen-bond donors (Lipinski definition) is 0. The van der Waals surface area contributed by atoms with Gasteiger partial charge < -0.3 is 14.5 Å². The van der Waals surface area contributed by atoms with Gasteiger partial charge in [-0.25, -0.2) is 0 Å². The first kappa shape index (κ1) is 19.0. The first-order valence-electron chi connectivity index (χ1n) is 8.68. The van der Waals surface area contributed by atoms with Crippen LogP contribution in [0.15, 0.2) is 24.3 Å². The summed E-state index contributed by atoms with van der Waals surface area (Å²) in [5.74, 6) is -0.338. The molecule has 1 fully saturated rings. The monoisotopic (exact) mass is 346 g/mol. The lowest BCUT2D eigenvalue weighted by atomic mass is 10.1. The number of hydrogen-bond acceptors (Lipinski definition) is 4. The maximum atomic E-state index is 12.6. The van der Waals surface area contributed by atoms with Gasteiger partial charge in [0.25, 0.3) is 0 Å². The summed E-state index contributed by atoms with van der Waals surface area (Å²) in [6.07, 6.45) is 1.40. The summed E-state index contributed by atoms with van der Waals surface area (Å²) in [5.41, 5.74) is 2.16. The molecule has 25 heavy (non-hydrogen) atoms. The van der Waals surface area contributed by atoms with Crippen molar-refractivity contribution in [1.29, 1.82) is 0 Å². The van der Waals surface area contributed by atoms with Crippen LogP contribution in [0.4, 0.5) is 0 Å². The van der Waals surface area contributed by atoms with E-state index >= 15 is 0 Å². The average Bonchev–Trinajstić information content (AvgIpc) is 2.87. The Bertz CT molecular complexity index is 630. The third-order valence-electron chi connectivity index (χ3n) is 4.57. The third kappa shape index (κ3) is 5.59. The fourth-order valence-electron chi connectivity index (χ4n) is 2.97. The molecule has 1 aromatic rings. The van der Waals surface area contributed by atoms with Crippen molar-refractivity contribution in [1.82, 2.24) is 9.80 Å². The van der Waals surface area contributed by atoms with Gasteiger partial charge in [-0.2, -0.15) is 0 Å². The van der Waals surface area contributed by atoms with Gasteiger partial charge in [0.1, 0.15) is 0 Å². The highest BCUT2D eigenvalue weighted by Gasteiger charge is 2.22. The molecule has 0 radical (unpaired) electrons. The maximum absolute atomic E-state index is 12.6. The Hall–Kier alpha value is -2.37. The van der Waals surface area contributed by atoms with Crippen LogP contribution in [0.1, 0.15) is 30.4 Å². The molecule has 1 heterocycles. The molecular weight excluding hydrogens is 320 g/mol. The lowest BCUT2D eigenvalue weighted by Crippen LogP contribution is -2.38. The largest absolute Gasteiger partial charge is 0.469 e. The Labute approximate surface area is 148 Å². The second kappa shape index (κ2) is 9.20. The number of aryl methyl sites for hydroxylation is 1. The third-order valence-corrected chi connectivity index (χ3v) is 4.57. The van der Waals surface area contributed by atoms with Gasteiger partial charge in [-0.05, 0) is 24.5 Å². The van der Waals surface area contributed by atoms with E-state index in [1.165, 1.54) is 7.11 Å². The van der Waals surface area contributed by atoms with E-state index in [0.29, 0.717) is 32.6 Å². The van der Waals surface area contributed by atoms with Crippen LogP contribution in [0.2, 0.25) is 0 Å². The molecule has 6 nitrogen and oxygen atoms in total. The Balaban J connectivity index is 1.86. The van der Waals surface area contributed by atoms with Crippen molar-refractivity contribution < 1.29 is 19.1 Å².